The average Bonchev–Trinajstić information content (AvgIpc) is 3.56. The first-order chi connectivity index (χ1) is 19.8. The molecule has 11 nitrogen and oxygen atoms in total. The third-order valence-electron chi connectivity index (χ3n) is 7.76. The fourth-order valence-corrected chi connectivity index (χ4v) is 5.39. The number of fused-ring (bicyclic) bond motifs is 2. The first kappa shape index (κ1) is 25.3. The van der Waals surface area contributed by atoms with Gasteiger partial charge >= 0.3 is 0 Å². The van der Waals surface area contributed by atoms with Crippen LogP contribution in [0.3, 0.4) is 0 Å². The lowest BCUT2D eigenvalue weighted by molar-refractivity contribution is -0.0901. The van der Waals surface area contributed by atoms with Crippen LogP contribution < -0.4 is 15.5 Å². The molecule has 13 heteroatoms. The Hall–Kier alpha value is -4.65. The predicted molar refractivity (Wildman–Crippen MR) is 151 cm³/mol. The van der Waals surface area contributed by atoms with Crippen LogP contribution in [-0.2, 0) is 0 Å². The van der Waals surface area contributed by atoms with E-state index in [0.29, 0.717) is 22.7 Å². The third-order valence-corrected chi connectivity index (χ3v) is 7.76. The molecular weight excluding hydrogens is 530 g/mol. The summed E-state index contributed by atoms with van der Waals surface area (Å²) < 4.78 is 28.0. The molecule has 2 aliphatic rings. The number of H-pyrrole nitrogens is 1. The van der Waals surface area contributed by atoms with E-state index in [2.05, 4.69) is 52.5 Å². The van der Waals surface area contributed by atoms with Crippen LogP contribution in [0.25, 0.3) is 27.7 Å². The number of hydrogen-bond donors (Lipinski definition) is 3. The van der Waals surface area contributed by atoms with Crippen molar-refractivity contribution < 1.29 is 13.6 Å². The summed E-state index contributed by atoms with van der Waals surface area (Å²) in [6, 6.07) is 7.10. The number of pyridine rings is 2. The summed E-state index contributed by atoms with van der Waals surface area (Å²) in [5, 5.41) is 11.0. The number of aromatic amines is 1. The van der Waals surface area contributed by atoms with Crippen LogP contribution >= 0.6 is 0 Å². The molecule has 1 saturated carbocycles. The minimum absolute atomic E-state index is 0.331. The smallest absolute Gasteiger partial charge is 0.255 e. The lowest BCUT2D eigenvalue weighted by Gasteiger charge is -2.35. The number of halogens is 2. The van der Waals surface area contributed by atoms with Gasteiger partial charge in [-0.1, -0.05) is 0 Å². The van der Waals surface area contributed by atoms with Gasteiger partial charge in [-0.2, -0.15) is 10.1 Å². The molecule has 0 radical (unpaired) electrons. The number of amides is 1. The van der Waals surface area contributed by atoms with E-state index in [-0.39, 0.29) is 12.8 Å². The summed E-state index contributed by atoms with van der Waals surface area (Å²) >= 11 is 0. The van der Waals surface area contributed by atoms with Gasteiger partial charge in [0.2, 0.25) is 5.95 Å². The van der Waals surface area contributed by atoms with Gasteiger partial charge < -0.3 is 25.4 Å². The molecule has 1 aliphatic carbocycles. The number of rotatable bonds is 6. The van der Waals surface area contributed by atoms with Gasteiger partial charge in [0.05, 0.1) is 17.3 Å². The molecule has 41 heavy (non-hydrogen) atoms. The molecule has 5 aromatic rings. The molecule has 0 unspecified atom stereocenters. The molecule has 0 atom stereocenters. The highest BCUT2D eigenvalue weighted by Crippen LogP contribution is 2.37. The summed E-state index contributed by atoms with van der Waals surface area (Å²) in [6.45, 7) is 3.85. The minimum Gasteiger partial charge on any atom is -0.354 e. The van der Waals surface area contributed by atoms with E-state index in [1.54, 1.807) is 23.1 Å². The summed E-state index contributed by atoms with van der Waals surface area (Å²) in [5.41, 5.74) is 4.11. The van der Waals surface area contributed by atoms with Crippen molar-refractivity contribution in [2.75, 3.05) is 43.4 Å². The van der Waals surface area contributed by atoms with Crippen LogP contribution in [0, 0.1) is 0 Å². The molecule has 0 spiro atoms. The lowest BCUT2D eigenvalue weighted by atomic mass is 9.88. The molecule has 3 N–H and O–H groups in total. The van der Waals surface area contributed by atoms with Crippen LogP contribution in [0.1, 0.15) is 23.2 Å². The molecule has 7 rings (SSSR count). The van der Waals surface area contributed by atoms with Crippen molar-refractivity contribution in [3.63, 3.8) is 0 Å². The van der Waals surface area contributed by atoms with Crippen LogP contribution in [0.15, 0.2) is 55.2 Å². The molecule has 0 aromatic carbocycles. The van der Waals surface area contributed by atoms with Crippen molar-refractivity contribution >= 4 is 39.9 Å². The van der Waals surface area contributed by atoms with E-state index in [1.165, 1.54) is 6.20 Å². The van der Waals surface area contributed by atoms with Crippen LogP contribution in [-0.4, -0.2) is 85.5 Å². The second-order valence-corrected chi connectivity index (χ2v) is 10.7. The molecule has 6 heterocycles. The molecular formula is C28H28F2N10O. The number of nitrogens with one attached hydrogen (secondary N) is 3. The topological polar surface area (TPSA) is 119 Å². The minimum atomic E-state index is -2.70. The fourth-order valence-electron chi connectivity index (χ4n) is 5.39. The van der Waals surface area contributed by atoms with Crippen molar-refractivity contribution in [3.8, 4) is 11.1 Å². The highest BCUT2D eigenvalue weighted by Gasteiger charge is 2.46. The maximum absolute atomic E-state index is 13.2. The Bertz CT molecular complexity index is 1750. The Morgan fingerprint density at radius 3 is 2.73 bits per heavy atom. The molecule has 2 fully saturated rings. The predicted octanol–water partition coefficient (Wildman–Crippen LogP) is 3.69. The van der Waals surface area contributed by atoms with E-state index in [9.17, 15) is 13.6 Å². The number of likely N-dealkylation sites (N-methyl/N-ethyl adjacent to an activating group) is 1. The first-order valence-corrected chi connectivity index (χ1v) is 13.5. The quantitative estimate of drug-likeness (QED) is 0.289. The zero-order chi connectivity index (χ0) is 28.1. The van der Waals surface area contributed by atoms with Crippen molar-refractivity contribution in [2.24, 2.45) is 0 Å². The number of carbonyl (C=O) groups is 1. The van der Waals surface area contributed by atoms with Crippen molar-refractivity contribution in [1.29, 1.82) is 0 Å². The first-order valence-electron chi connectivity index (χ1n) is 13.5. The summed E-state index contributed by atoms with van der Waals surface area (Å²) in [4.78, 5) is 34.3. The average molecular weight is 559 g/mol. The van der Waals surface area contributed by atoms with E-state index in [1.807, 2.05) is 30.5 Å². The molecule has 1 saturated heterocycles. The Morgan fingerprint density at radius 2 is 1.93 bits per heavy atom. The zero-order valence-electron chi connectivity index (χ0n) is 22.3. The summed E-state index contributed by atoms with van der Waals surface area (Å²) in [7, 11) is 2.12. The number of aromatic nitrogens is 6. The van der Waals surface area contributed by atoms with Gasteiger partial charge in [0, 0.05) is 92.6 Å². The second kappa shape index (κ2) is 9.77. The van der Waals surface area contributed by atoms with Gasteiger partial charge in [0.1, 0.15) is 11.5 Å². The molecule has 0 bridgehead atoms. The Morgan fingerprint density at radius 1 is 1.10 bits per heavy atom. The summed E-state index contributed by atoms with van der Waals surface area (Å²) in [6.07, 6.45) is 7.92. The van der Waals surface area contributed by atoms with Gasteiger partial charge in [-0.3, -0.25) is 4.79 Å². The zero-order valence-corrected chi connectivity index (χ0v) is 22.3. The molecule has 1 aliphatic heterocycles. The molecule has 1 amide bonds. The largest absolute Gasteiger partial charge is 0.354 e. The highest BCUT2D eigenvalue weighted by atomic mass is 19.3. The van der Waals surface area contributed by atoms with Gasteiger partial charge in [-0.05, 0) is 30.8 Å². The van der Waals surface area contributed by atoms with Crippen molar-refractivity contribution in [2.45, 2.75) is 24.8 Å². The normalized spacial score (nSPS) is 17.6. The van der Waals surface area contributed by atoms with Crippen LogP contribution in [0.5, 0.6) is 0 Å². The number of piperazine rings is 1. The van der Waals surface area contributed by atoms with Gasteiger partial charge in [0.25, 0.3) is 11.8 Å². The van der Waals surface area contributed by atoms with E-state index in [0.717, 1.165) is 54.2 Å². The standard InChI is InChI=1S/C28H28F2N10O/c1-38-6-8-39(9-7-38)24-11-18(2-4-31-24)36-27-33-15-21-20(14-32-25(21)37-27)17-3-5-40-23(10-17)22(16-34-40)26(41)35-19-12-28(29,30)13-19/h2-5,10-11,14-16,19H,6-9,12-13H2,1H3,(H,35,41)(H2,31,32,33,36,37). The van der Waals surface area contributed by atoms with E-state index < -0.39 is 17.9 Å². The number of nitrogens with zero attached hydrogens (tertiary/aromatic N) is 7. The Balaban J connectivity index is 1.11. The summed E-state index contributed by atoms with van der Waals surface area (Å²) in [5.74, 6) is -1.75. The third kappa shape index (κ3) is 4.92. The number of hydrogen-bond acceptors (Lipinski definition) is 8. The fraction of sp³-hybridized carbons (Fsp3) is 0.321. The maximum atomic E-state index is 13.2. The maximum Gasteiger partial charge on any atom is 0.255 e. The number of anilines is 3. The molecule has 210 valence electrons. The Labute approximate surface area is 233 Å². The van der Waals surface area contributed by atoms with Crippen LogP contribution in [0.4, 0.5) is 26.2 Å². The second-order valence-electron chi connectivity index (χ2n) is 10.7. The number of alkyl halides is 2. The highest BCUT2D eigenvalue weighted by molar-refractivity contribution is 6.02. The van der Waals surface area contributed by atoms with Crippen molar-refractivity contribution in [3.05, 3.63) is 60.8 Å². The van der Waals surface area contributed by atoms with Gasteiger partial charge in [-0.15, -0.1) is 0 Å². The SMILES string of the molecule is CN1CCN(c2cc(Nc3ncc4c(-c5ccn6ncc(C(=O)NC7CC(F)(F)C7)c6c5)c[nH]c4n3)ccn2)CC1. The lowest BCUT2D eigenvalue weighted by Crippen LogP contribution is -2.50. The Kier molecular flexibility index (Phi) is 6.03. The number of carbonyl (C=O) groups excluding carboxylic acids is 1. The molecule has 5 aromatic heterocycles. The van der Waals surface area contributed by atoms with Crippen molar-refractivity contribution in [1.82, 2.24) is 39.8 Å². The van der Waals surface area contributed by atoms with Crippen LogP contribution in [0.2, 0.25) is 0 Å². The van der Waals surface area contributed by atoms with E-state index >= 15 is 0 Å². The van der Waals surface area contributed by atoms with Gasteiger partial charge in [0.15, 0.2) is 0 Å². The van der Waals surface area contributed by atoms with Gasteiger partial charge in [-0.25, -0.2) is 23.3 Å². The van der Waals surface area contributed by atoms with E-state index in [4.69, 9.17) is 0 Å². The monoisotopic (exact) mass is 558 g/mol.